The number of likely N-dealkylation sites (tertiary alicyclic amines) is 1. The van der Waals surface area contributed by atoms with Crippen molar-refractivity contribution >= 4 is 48.9 Å². The molecule has 0 N–H and O–H groups in total. The maximum Gasteiger partial charge on any atom is 0.147 e. The van der Waals surface area contributed by atoms with Gasteiger partial charge in [0.1, 0.15) is 4.32 Å². The third-order valence-electron chi connectivity index (χ3n) is 3.32. The lowest BCUT2D eigenvalue weighted by Crippen LogP contribution is -2.22. The van der Waals surface area contributed by atoms with E-state index >= 15 is 0 Å². The van der Waals surface area contributed by atoms with Crippen LogP contribution in [0.5, 0.6) is 0 Å². The van der Waals surface area contributed by atoms with Crippen LogP contribution in [0, 0.1) is 0 Å². The molecule has 1 saturated heterocycles. The molecule has 3 rings (SSSR count). The number of nitrogens with zero attached hydrogens (tertiary/aromatic N) is 1. The summed E-state index contributed by atoms with van der Waals surface area (Å²) in [6.45, 7) is 2.25. The molecule has 1 aliphatic heterocycles. The average molecular weight is 305 g/mol. The summed E-state index contributed by atoms with van der Waals surface area (Å²) in [4.78, 5) is 3.61. The molecule has 0 radical (unpaired) electrons. The lowest BCUT2D eigenvalue weighted by atomic mass is 10.1. The van der Waals surface area contributed by atoms with Gasteiger partial charge in [-0.15, -0.1) is 0 Å². The van der Waals surface area contributed by atoms with E-state index in [1.807, 2.05) is 0 Å². The second-order valence-corrected chi connectivity index (χ2v) is 7.41. The maximum atomic E-state index is 5.50. The Morgan fingerprint density at radius 3 is 2.58 bits per heavy atom. The van der Waals surface area contributed by atoms with E-state index in [1.54, 1.807) is 21.6 Å². The van der Waals surface area contributed by atoms with Crippen LogP contribution in [0.4, 0.5) is 0 Å². The van der Waals surface area contributed by atoms with E-state index in [2.05, 4.69) is 47.4 Å². The van der Waals surface area contributed by atoms with Crippen molar-refractivity contribution in [3.05, 3.63) is 42.5 Å². The first-order valence-electron chi connectivity index (χ1n) is 6.46. The molecule has 2 aromatic rings. The topological polar surface area (TPSA) is 3.24 Å². The zero-order chi connectivity index (χ0) is 13.1. The molecule has 19 heavy (non-hydrogen) atoms. The zero-order valence-corrected chi connectivity index (χ0v) is 13.0. The minimum absolute atomic E-state index is 1.02. The zero-order valence-electron chi connectivity index (χ0n) is 10.5. The van der Waals surface area contributed by atoms with Crippen molar-refractivity contribution in [2.45, 2.75) is 17.7 Å². The smallest absolute Gasteiger partial charge is 0.147 e. The van der Waals surface area contributed by atoms with E-state index in [1.165, 1.54) is 28.5 Å². The molecule has 1 fully saturated rings. The van der Waals surface area contributed by atoms with Gasteiger partial charge < -0.3 is 4.90 Å². The van der Waals surface area contributed by atoms with Gasteiger partial charge in [0.25, 0.3) is 0 Å². The first-order chi connectivity index (χ1) is 9.34. The third-order valence-corrected chi connectivity index (χ3v) is 6.42. The van der Waals surface area contributed by atoms with Gasteiger partial charge in [-0.3, -0.25) is 0 Å². The fraction of sp³-hybridized carbons (Fsp3) is 0.267. The molecule has 0 aromatic heterocycles. The number of fused-ring (bicyclic) bond motifs is 1. The summed E-state index contributed by atoms with van der Waals surface area (Å²) in [5.41, 5.74) is 0. The van der Waals surface area contributed by atoms with Crippen LogP contribution in [-0.2, 0) is 0 Å². The van der Waals surface area contributed by atoms with E-state index in [0.717, 1.165) is 17.4 Å². The summed E-state index contributed by atoms with van der Waals surface area (Å²) in [7, 11) is 3.49. The minimum atomic E-state index is 1.02. The molecule has 1 aliphatic rings. The van der Waals surface area contributed by atoms with Gasteiger partial charge in [-0.1, -0.05) is 48.6 Å². The van der Waals surface area contributed by atoms with Gasteiger partial charge in [-0.25, -0.2) is 0 Å². The first kappa shape index (κ1) is 13.3. The van der Waals surface area contributed by atoms with E-state index in [9.17, 15) is 0 Å². The van der Waals surface area contributed by atoms with Crippen LogP contribution in [0.25, 0.3) is 10.8 Å². The van der Waals surface area contributed by atoms with E-state index in [-0.39, 0.29) is 0 Å². The van der Waals surface area contributed by atoms with Crippen molar-refractivity contribution in [2.24, 2.45) is 0 Å². The van der Waals surface area contributed by atoms with Crippen LogP contribution in [0.15, 0.2) is 47.4 Å². The highest BCUT2D eigenvalue weighted by atomic mass is 33.1. The Kier molecular flexibility index (Phi) is 4.31. The molecule has 0 bridgehead atoms. The average Bonchev–Trinajstić information content (AvgIpc) is 2.99. The number of thiocarbonyl (C=S) groups is 1. The maximum absolute atomic E-state index is 5.50. The molecule has 98 valence electrons. The second kappa shape index (κ2) is 6.16. The molecule has 0 unspecified atom stereocenters. The Labute approximate surface area is 127 Å². The van der Waals surface area contributed by atoms with Gasteiger partial charge in [0.2, 0.25) is 0 Å². The van der Waals surface area contributed by atoms with Crippen molar-refractivity contribution < 1.29 is 0 Å². The largest absolute Gasteiger partial charge is 0.357 e. The van der Waals surface area contributed by atoms with Crippen molar-refractivity contribution in [1.82, 2.24) is 4.90 Å². The molecule has 0 saturated carbocycles. The summed E-state index contributed by atoms with van der Waals surface area (Å²) in [5, 5.41) is 2.60. The monoisotopic (exact) mass is 305 g/mol. The predicted octanol–water partition coefficient (Wildman–Crippen LogP) is 4.96. The lowest BCUT2D eigenvalue weighted by molar-refractivity contribution is 0.539. The molecule has 0 amide bonds. The Morgan fingerprint density at radius 1 is 1.00 bits per heavy atom. The SMILES string of the molecule is S=C(SSc1cccc2ccccc12)N1CCCC1. The summed E-state index contributed by atoms with van der Waals surface area (Å²) >= 11 is 5.50. The number of hydrogen-bond donors (Lipinski definition) is 0. The summed E-state index contributed by atoms with van der Waals surface area (Å²) in [6.07, 6.45) is 2.55. The highest BCUT2D eigenvalue weighted by Gasteiger charge is 2.15. The molecule has 0 spiro atoms. The lowest BCUT2D eigenvalue weighted by Gasteiger charge is -2.17. The van der Waals surface area contributed by atoms with Crippen molar-refractivity contribution in [1.29, 1.82) is 0 Å². The van der Waals surface area contributed by atoms with Gasteiger partial charge in [0.15, 0.2) is 0 Å². The fourth-order valence-corrected chi connectivity index (χ4v) is 4.88. The molecule has 0 atom stereocenters. The van der Waals surface area contributed by atoms with Gasteiger partial charge in [-0.05, 0) is 51.3 Å². The Bertz CT molecular complexity index is 585. The molecule has 1 nitrogen and oxygen atoms in total. The number of hydrogen-bond acceptors (Lipinski definition) is 3. The van der Waals surface area contributed by atoms with Crippen LogP contribution >= 0.6 is 33.8 Å². The van der Waals surface area contributed by atoms with Crippen molar-refractivity contribution in [2.75, 3.05) is 13.1 Å². The van der Waals surface area contributed by atoms with Crippen LogP contribution in [0.1, 0.15) is 12.8 Å². The third kappa shape index (κ3) is 3.07. The van der Waals surface area contributed by atoms with Gasteiger partial charge in [0.05, 0.1) is 0 Å². The Balaban J connectivity index is 1.73. The second-order valence-electron chi connectivity index (χ2n) is 4.60. The van der Waals surface area contributed by atoms with Gasteiger partial charge in [-0.2, -0.15) is 0 Å². The highest BCUT2D eigenvalue weighted by Crippen LogP contribution is 2.37. The molecule has 4 heteroatoms. The van der Waals surface area contributed by atoms with Crippen LogP contribution in [-0.4, -0.2) is 22.3 Å². The quantitative estimate of drug-likeness (QED) is 0.569. The van der Waals surface area contributed by atoms with Crippen molar-refractivity contribution in [3.63, 3.8) is 0 Å². The first-order valence-corrected chi connectivity index (χ1v) is 9.01. The predicted molar refractivity (Wildman–Crippen MR) is 90.8 cm³/mol. The molecule has 2 aromatic carbocycles. The van der Waals surface area contributed by atoms with E-state index < -0.39 is 0 Å². The fourth-order valence-electron chi connectivity index (χ4n) is 2.30. The summed E-state index contributed by atoms with van der Waals surface area (Å²) < 4.78 is 1.02. The van der Waals surface area contributed by atoms with E-state index in [0.29, 0.717) is 0 Å². The molecular weight excluding hydrogens is 290 g/mol. The van der Waals surface area contributed by atoms with Crippen molar-refractivity contribution in [3.8, 4) is 0 Å². The normalized spacial score (nSPS) is 15.1. The number of rotatable bonds is 2. The standard InChI is InChI=1S/C15H15NS3/c17-15(16-10-3-4-11-16)19-18-14-9-5-7-12-6-1-2-8-13(12)14/h1-2,5-9H,3-4,10-11H2. The Hall–Kier alpha value is -0.710. The Morgan fingerprint density at radius 2 is 1.74 bits per heavy atom. The molecule has 1 heterocycles. The summed E-state index contributed by atoms with van der Waals surface area (Å²) in [5.74, 6) is 0. The van der Waals surface area contributed by atoms with Crippen LogP contribution < -0.4 is 0 Å². The highest BCUT2D eigenvalue weighted by molar-refractivity contribution is 8.83. The van der Waals surface area contributed by atoms with E-state index in [4.69, 9.17) is 12.2 Å². The van der Waals surface area contributed by atoms with Crippen LogP contribution in [0.2, 0.25) is 0 Å². The number of benzene rings is 2. The van der Waals surface area contributed by atoms with Gasteiger partial charge in [0, 0.05) is 18.0 Å². The van der Waals surface area contributed by atoms with Gasteiger partial charge >= 0.3 is 0 Å². The molecular formula is C15H15NS3. The molecule has 0 aliphatic carbocycles. The summed E-state index contributed by atoms with van der Waals surface area (Å²) in [6, 6.07) is 15.0. The minimum Gasteiger partial charge on any atom is -0.357 e. The van der Waals surface area contributed by atoms with Crippen LogP contribution in [0.3, 0.4) is 0 Å².